The molecule has 3 aromatic rings. The fourth-order valence-electron chi connectivity index (χ4n) is 3.57. The van der Waals surface area contributed by atoms with Gasteiger partial charge in [0.1, 0.15) is 9.71 Å². The van der Waals surface area contributed by atoms with Crippen LogP contribution >= 0.6 is 22.7 Å². The number of nitrogens with zero attached hydrogens (tertiary/aromatic N) is 4. The van der Waals surface area contributed by atoms with Crippen LogP contribution in [0.4, 0.5) is 5.69 Å². The summed E-state index contributed by atoms with van der Waals surface area (Å²) in [5.41, 5.74) is 10.9. The molecule has 0 unspecified atom stereocenters. The predicted molar refractivity (Wildman–Crippen MR) is 111 cm³/mol. The van der Waals surface area contributed by atoms with Gasteiger partial charge in [-0.25, -0.2) is 9.97 Å². The van der Waals surface area contributed by atoms with Gasteiger partial charge in [0.25, 0.3) is 5.91 Å². The number of carbonyl (C=O) groups excluding carboxylic acids is 1. The molecule has 1 atom stereocenters. The molecule has 1 aliphatic heterocycles. The zero-order valence-corrected chi connectivity index (χ0v) is 17.4. The Balaban J connectivity index is 1.65. The molecule has 1 aliphatic rings. The Morgan fingerprint density at radius 2 is 2.22 bits per heavy atom. The number of amides is 1. The number of nitrogens with two attached hydrogens (primary N) is 1. The van der Waals surface area contributed by atoms with Gasteiger partial charge in [-0.15, -0.1) is 22.7 Å². The van der Waals surface area contributed by atoms with E-state index in [2.05, 4.69) is 22.9 Å². The third-order valence-electron chi connectivity index (χ3n) is 5.11. The van der Waals surface area contributed by atoms with Crippen LogP contribution in [0.2, 0.25) is 0 Å². The van der Waals surface area contributed by atoms with E-state index in [4.69, 9.17) is 10.7 Å². The predicted octanol–water partition coefficient (Wildman–Crippen LogP) is 3.68. The highest BCUT2D eigenvalue weighted by Gasteiger charge is 2.29. The molecule has 3 aromatic heterocycles. The summed E-state index contributed by atoms with van der Waals surface area (Å²) in [6.45, 7) is 4.05. The van der Waals surface area contributed by atoms with Crippen LogP contribution in [0, 0.1) is 6.92 Å². The third kappa shape index (κ3) is 3.33. The number of carbonyl (C=O) groups is 1. The summed E-state index contributed by atoms with van der Waals surface area (Å²) >= 11 is 3.11. The van der Waals surface area contributed by atoms with Gasteiger partial charge in [0.05, 0.1) is 28.6 Å². The molecule has 27 heavy (non-hydrogen) atoms. The molecule has 142 valence electrons. The van der Waals surface area contributed by atoms with Crippen molar-refractivity contribution >= 4 is 44.5 Å². The molecule has 1 fully saturated rings. The number of fused-ring (bicyclic) bond motifs is 1. The molecule has 8 heteroatoms. The number of anilines is 1. The topological polar surface area (TPSA) is 75.4 Å². The summed E-state index contributed by atoms with van der Waals surface area (Å²) in [5.74, 6) is -0.0692. The van der Waals surface area contributed by atoms with E-state index in [1.165, 1.54) is 22.6 Å². The lowest BCUT2D eigenvalue weighted by atomic mass is 10.1. The van der Waals surface area contributed by atoms with Crippen molar-refractivity contribution in [3.05, 3.63) is 38.8 Å². The number of aromatic nitrogens is 2. The molecule has 4 rings (SSSR count). The van der Waals surface area contributed by atoms with Gasteiger partial charge in [-0.3, -0.25) is 9.69 Å². The van der Waals surface area contributed by atoms with Gasteiger partial charge >= 0.3 is 0 Å². The summed E-state index contributed by atoms with van der Waals surface area (Å²) in [5, 5.41) is 0.872. The Bertz CT molecular complexity index is 993. The van der Waals surface area contributed by atoms with Crippen molar-refractivity contribution in [2.45, 2.75) is 32.4 Å². The molecule has 1 saturated heterocycles. The van der Waals surface area contributed by atoms with Gasteiger partial charge in [-0.05, 0) is 38.4 Å². The summed E-state index contributed by atoms with van der Waals surface area (Å²) in [6, 6.07) is 4.38. The minimum atomic E-state index is -0.0692. The van der Waals surface area contributed by atoms with Crippen LogP contribution in [-0.4, -0.2) is 46.3 Å². The standard InChI is InChI=1S/C19H23N5OS2/c1-11-15(26-10-21-11)9-24-8-4-5-14(24)13-7-6-12-16(20)17(19(25)23(2)3)27-18(12)22-13/h6-7,10,14H,4-5,8-9,20H2,1-3H3/t14-/m0/s1. The van der Waals surface area contributed by atoms with Gasteiger partial charge in [0.2, 0.25) is 0 Å². The monoisotopic (exact) mass is 401 g/mol. The molecule has 2 N–H and O–H groups in total. The number of thiazole rings is 1. The van der Waals surface area contributed by atoms with Crippen LogP contribution in [0.25, 0.3) is 10.2 Å². The summed E-state index contributed by atoms with van der Waals surface area (Å²) in [4.78, 5) is 28.4. The van der Waals surface area contributed by atoms with Crippen molar-refractivity contribution in [3.63, 3.8) is 0 Å². The Kier molecular flexibility index (Phi) is 4.88. The highest BCUT2D eigenvalue weighted by Crippen LogP contribution is 2.37. The van der Waals surface area contributed by atoms with Crippen LogP contribution in [0.1, 0.15) is 44.8 Å². The molecule has 0 aromatic carbocycles. The van der Waals surface area contributed by atoms with Crippen molar-refractivity contribution in [1.29, 1.82) is 0 Å². The van der Waals surface area contributed by atoms with E-state index in [-0.39, 0.29) is 5.91 Å². The molecule has 1 amide bonds. The smallest absolute Gasteiger partial charge is 0.265 e. The highest BCUT2D eigenvalue weighted by molar-refractivity contribution is 7.21. The van der Waals surface area contributed by atoms with Gasteiger partial charge < -0.3 is 10.6 Å². The maximum Gasteiger partial charge on any atom is 0.265 e. The number of rotatable bonds is 4. The quantitative estimate of drug-likeness (QED) is 0.722. The first kappa shape index (κ1) is 18.3. The molecular weight excluding hydrogens is 378 g/mol. The first-order chi connectivity index (χ1) is 13.0. The maximum absolute atomic E-state index is 12.4. The Hall–Kier alpha value is -2.03. The average Bonchev–Trinajstić information content (AvgIpc) is 3.35. The van der Waals surface area contributed by atoms with Gasteiger partial charge in [0, 0.05) is 30.9 Å². The number of aryl methyl sites for hydroxylation is 1. The lowest BCUT2D eigenvalue weighted by Gasteiger charge is -2.23. The molecular formula is C19H23N5OS2. The second-order valence-corrected chi connectivity index (χ2v) is 9.06. The van der Waals surface area contributed by atoms with Crippen LogP contribution in [0.3, 0.4) is 0 Å². The van der Waals surface area contributed by atoms with Crippen LogP contribution in [-0.2, 0) is 6.54 Å². The lowest BCUT2D eigenvalue weighted by Crippen LogP contribution is -2.23. The summed E-state index contributed by atoms with van der Waals surface area (Å²) in [6.07, 6.45) is 2.26. The zero-order valence-electron chi connectivity index (χ0n) is 15.7. The second kappa shape index (κ2) is 7.18. The Morgan fingerprint density at radius 3 is 2.93 bits per heavy atom. The SMILES string of the molecule is Cc1ncsc1CN1CCC[C@H]1c1ccc2c(N)c(C(=O)N(C)C)sc2n1. The van der Waals surface area contributed by atoms with Crippen molar-refractivity contribution in [2.24, 2.45) is 0 Å². The maximum atomic E-state index is 12.4. The first-order valence-corrected chi connectivity index (χ1v) is 10.7. The van der Waals surface area contributed by atoms with Crippen LogP contribution in [0.15, 0.2) is 17.6 Å². The van der Waals surface area contributed by atoms with E-state index in [1.54, 1.807) is 30.3 Å². The molecule has 0 radical (unpaired) electrons. The number of pyridine rings is 1. The normalized spacial score (nSPS) is 17.7. The van der Waals surface area contributed by atoms with Crippen LogP contribution < -0.4 is 5.73 Å². The number of likely N-dealkylation sites (tertiary alicyclic amines) is 1. The lowest BCUT2D eigenvalue weighted by molar-refractivity contribution is 0.0833. The summed E-state index contributed by atoms with van der Waals surface area (Å²) in [7, 11) is 3.48. The van der Waals surface area contributed by atoms with Gasteiger partial charge in [-0.1, -0.05) is 0 Å². The van der Waals surface area contributed by atoms with Crippen molar-refractivity contribution in [1.82, 2.24) is 19.8 Å². The van der Waals surface area contributed by atoms with E-state index in [1.807, 2.05) is 11.6 Å². The molecule has 6 nitrogen and oxygen atoms in total. The zero-order chi connectivity index (χ0) is 19.1. The molecule has 0 aliphatic carbocycles. The molecule has 4 heterocycles. The number of nitrogen functional groups attached to an aromatic ring is 1. The first-order valence-electron chi connectivity index (χ1n) is 8.99. The van der Waals surface area contributed by atoms with Gasteiger partial charge in [-0.2, -0.15) is 0 Å². The minimum Gasteiger partial charge on any atom is -0.397 e. The second-order valence-electron chi connectivity index (χ2n) is 7.12. The van der Waals surface area contributed by atoms with E-state index in [0.717, 1.165) is 41.1 Å². The molecule has 0 bridgehead atoms. The number of thiophene rings is 1. The molecule has 0 spiro atoms. The van der Waals surface area contributed by atoms with E-state index in [0.29, 0.717) is 16.6 Å². The van der Waals surface area contributed by atoms with Crippen molar-refractivity contribution in [3.8, 4) is 0 Å². The van der Waals surface area contributed by atoms with E-state index in [9.17, 15) is 4.79 Å². The average molecular weight is 402 g/mol. The van der Waals surface area contributed by atoms with Crippen molar-refractivity contribution < 1.29 is 4.79 Å². The Morgan fingerprint density at radius 1 is 1.41 bits per heavy atom. The van der Waals surface area contributed by atoms with E-state index >= 15 is 0 Å². The summed E-state index contributed by atoms with van der Waals surface area (Å²) < 4.78 is 0. The van der Waals surface area contributed by atoms with Crippen LogP contribution in [0.5, 0.6) is 0 Å². The van der Waals surface area contributed by atoms with Gasteiger partial charge in [0.15, 0.2) is 0 Å². The number of hydrogen-bond donors (Lipinski definition) is 1. The largest absolute Gasteiger partial charge is 0.397 e. The molecule has 0 saturated carbocycles. The number of hydrogen-bond acceptors (Lipinski definition) is 7. The Labute approximate surface area is 166 Å². The highest BCUT2D eigenvalue weighted by atomic mass is 32.1. The van der Waals surface area contributed by atoms with E-state index < -0.39 is 0 Å². The fraction of sp³-hybridized carbons (Fsp3) is 0.421. The van der Waals surface area contributed by atoms with Crippen molar-refractivity contribution in [2.75, 3.05) is 26.4 Å². The fourth-order valence-corrected chi connectivity index (χ4v) is 5.50. The third-order valence-corrected chi connectivity index (χ3v) is 7.14. The minimum absolute atomic E-state index is 0.0692.